The van der Waals surface area contributed by atoms with Crippen LogP contribution < -0.4 is 5.32 Å². The molecular formula is C15H27N3O. The van der Waals surface area contributed by atoms with Crippen LogP contribution in [-0.4, -0.2) is 61.0 Å². The standard InChI is InChI=1S/C15H27N3O/c1-17-9-4-5-12-11-18(10-7-14(12)17)15(19)13-6-2-3-8-16-13/h12-14,16H,2-11H2,1H3/t12?,13-,14?/m0/s1. The maximum Gasteiger partial charge on any atom is 0.239 e. The van der Waals surface area contributed by atoms with Gasteiger partial charge in [-0.3, -0.25) is 4.79 Å². The fourth-order valence-corrected chi connectivity index (χ4v) is 4.14. The zero-order valence-electron chi connectivity index (χ0n) is 12.1. The van der Waals surface area contributed by atoms with Gasteiger partial charge in [-0.2, -0.15) is 0 Å². The van der Waals surface area contributed by atoms with E-state index in [0.717, 1.165) is 32.1 Å². The number of carbonyl (C=O) groups is 1. The number of hydrogen-bond donors (Lipinski definition) is 1. The molecule has 0 saturated carbocycles. The van der Waals surface area contributed by atoms with E-state index >= 15 is 0 Å². The second-order valence-corrected chi connectivity index (χ2v) is 6.53. The predicted octanol–water partition coefficient (Wildman–Crippen LogP) is 1.07. The van der Waals surface area contributed by atoms with Gasteiger partial charge in [-0.25, -0.2) is 0 Å². The highest BCUT2D eigenvalue weighted by atomic mass is 16.2. The quantitative estimate of drug-likeness (QED) is 0.770. The molecule has 4 nitrogen and oxygen atoms in total. The Morgan fingerprint density at radius 2 is 2.00 bits per heavy atom. The summed E-state index contributed by atoms with van der Waals surface area (Å²) in [6.45, 7) is 4.20. The first-order chi connectivity index (χ1) is 9.25. The van der Waals surface area contributed by atoms with Gasteiger partial charge in [0, 0.05) is 19.1 Å². The molecule has 0 aromatic carbocycles. The molecule has 0 aromatic heterocycles. The number of fused-ring (bicyclic) bond motifs is 1. The third kappa shape index (κ3) is 2.79. The Morgan fingerprint density at radius 1 is 1.11 bits per heavy atom. The number of rotatable bonds is 1. The van der Waals surface area contributed by atoms with E-state index in [1.807, 2.05) is 0 Å². The molecule has 3 saturated heterocycles. The van der Waals surface area contributed by atoms with Crippen molar-refractivity contribution in [1.29, 1.82) is 0 Å². The second-order valence-electron chi connectivity index (χ2n) is 6.53. The monoisotopic (exact) mass is 265 g/mol. The average Bonchev–Trinajstić information content (AvgIpc) is 2.47. The smallest absolute Gasteiger partial charge is 0.239 e. The summed E-state index contributed by atoms with van der Waals surface area (Å²) in [6.07, 6.45) is 7.21. The molecule has 108 valence electrons. The molecule has 1 amide bonds. The molecule has 0 spiro atoms. The SMILES string of the molecule is CN1CCCC2CN(C(=O)[C@@H]3CCCCN3)CCC21. The highest BCUT2D eigenvalue weighted by Gasteiger charge is 2.37. The summed E-state index contributed by atoms with van der Waals surface area (Å²) in [6, 6.07) is 0.823. The third-order valence-corrected chi connectivity index (χ3v) is 5.27. The maximum absolute atomic E-state index is 12.6. The van der Waals surface area contributed by atoms with Crippen LogP contribution in [0, 0.1) is 5.92 Å². The molecule has 3 atom stereocenters. The average molecular weight is 265 g/mol. The molecule has 19 heavy (non-hydrogen) atoms. The Bertz CT molecular complexity index is 327. The molecule has 3 aliphatic rings. The van der Waals surface area contributed by atoms with Crippen LogP contribution in [0.15, 0.2) is 0 Å². The van der Waals surface area contributed by atoms with Gasteiger partial charge in [-0.1, -0.05) is 6.42 Å². The number of amides is 1. The second kappa shape index (κ2) is 5.80. The molecule has 0 radical (unpaired) electrons. The zero-order chi connectivity index (χ0) is 13.2. The van der Waals surface area contributed by atoms with E-state index in [9.17, 15) is 4.79 Å². The van der Waals surface area contributed by atoms with E-state index in [0.29, 0.717) is 11.8 Å². The summed E-state index contributed by atoms with van der Waals surface area (Å²) in [5.41, 5.74) is 0. The van der Waals surface area contributed by atoms with Gasteiger partial charge in [0.2, 0.25) is 5.91 Å². The van der Waals surface area contributed by atoms with Gasteiger partial charge in [0.05, 0.1) is 6.04 Å². The minimum Gasteiger partial charge on any atom is -0.341 e. The zero-order valence-corrected chi connectivity index (χ0v) is 12.1. The Balaban J connectivity index is 1.59. The molecule has 0 aliphatic carbocycles. The molecule has 2 unspecified atom stereocenters. The van der Waals surface area contributed by atoms with Gasteiger partial charge in [0.25, 0.3) is 0 Å². The Kier molecular flexibility index (Phi) is 4.08. The summed E-state index contributed by atoms with van der Waals surface area (Å²) >= 11 is 0. The molecule has 0 bridgehead atoms. The van der Waals surface area contributed by atoms with Gasteiger partial charge in [-0.15, -0.1) is 0 Å². The molecule has 3 fully saturated rings. The van der Waals surface area contributed by atoms with Crippen molar-refractivity contribution in [3.63, 3.8) is 0 Å². The van der Waals surface area contributed by atoms with Crippen molar-refractivity contribution in [2.75, 3.05) is 33.2 Å². The number of likely N-dealkylation sites (tertiary alicyclic amines) is 2. The summed E-state index contributed by atoms with van der Waals surface area (Å²) in [5.74, 6) is 1.08. The van der Waals surface area contributed by atoms with E-state index in [1.54, 1.807) is 0 Å². The summed E-state index contributed by atoms with van der Waals surface area (Å²) in [7, 11) is 2.25. The largest absolute Gasteiger partial charge is 0.341 e. The van der Waals surface area contributed by atoms with E-state index in [2.05, 4.69) is 22.2 Å². The fraction of sp³-hybridized carbons (Fsp3) is 0.933. The van der Waals surface area contributed by atoms with Crippen LogP contribution in [-0.2, 0) is 4.79 Å². The number of hydrogen-bond acceptors (Lipinski definition) is 3. The topological polar surface area (TPSA) is 35.6 Å². The summed E-state index contributed by atoms with van der Waals surface area (Å²) in [5, 5.41) is 3.40. The maximum atomic E-state index is 12.6. The molecule has 1 N–H and O–H groups in total. The highest BCUT2D eigenvalue weighted by molar-refractivity contribution is 5.82. The summed E-state index contributed by atoms with van der Waals surface area (Å²) < 4.78 is 0. The lowest BCUT2D eigenvalue weighted by molar-refractivity contribution is -0.137. The van der Waals surface area contributed by atoms with Crippen molar-refractivity contribution in [2.24, 2.45) is 5.92 Å². The lowest BCUT2D eigenvalue weighted by Gasteiger charge is -2.46. The molecule has 3 rings (SSSR count). The van der Waals surface area contributed by atoms with Crippen molar-refractivity contribution in [3.05, 3.63) is 0 Å². The van der Waals surface area contributed by atoms with Crippen LogP contribution in [0.5, 0.6) is 0 Å². The minimum absolute atomic E-state index is 0.103. The van der Waals surface area contributed by atoms with Gasteiger partial charge in [-0.05, 0) is 58.2 Å². The molecular weight excluding hydrogens is 238 g/mol. The fourth-order valence-electron chi connectivity index (χ4n) is 4.14. The van der Waals surface area contributed by atoms with E-state index in [1.165, 1.54) is 38.6 Å². The lowest BCUT2D eigenvalue weighted by Crippen LogP contribution is -2.57. The van der Waals surface area contributed by atoms with E-state index in [-0.39, 0.29) is 6.04 Å². The predicted molar refractivity (Wildman–Crippen MR) is 76.0 cm³/mol. The summed E-state index contributed by atoms with van der Waals surface area (Å²) in [4.78, 5) is 17.2. The van der Waals surface area contributed by atoms with Crippen molar-refractivity contribution in [3.8, 4) is 0 Å². The number of nitrogens with zero attached hydrogens (tertiary/aromatic N) is 2. The highest BCUT2D eigenvalue weighted by Crippen LogP contribution is 2.30. The molecule has 3 heterocycles. The van der Waals surface area contributed by atoms with E-state index in [4.69, 9.17) is 0 Å². The van der Waals surface area contributed by atoms with Gasteiger partial charge >= 0.3 is 0 Å². The van der Waals surface area contributed by atoms with Crippen LogP contribution in [0.2, 0.25) is 0 Å². The van der Waals surface area contributed by atoms with Crippen molar-refractivity contribution < 1.29 is 4.79 Å². The first-order valence-electron chi connectivity index (χ1n) is 7.98. The van der Waals surface area contributed by atoms with Crippen LogP contribution >= 0.6 is 0 Å². The van der Waals surface area contributed by atoms with Crippen molar-refractivity contribution in [2.45, 2.75) is 50.6 Å². The first-order valence-corrected chi connectivity index (χ1v) is 7.98. The van der Waals surface area contributed by atoms with Crippen LogP contribution in [0.25, 0.3) is 0 Å². The number of carbonyl (C=O) groups excluding carboxylic acids is 1. The molecule has 4 heteroatoms. The van der Waals surface area contributed by atoms with Gasteiger partial charge < -0.3 is 15.1 Å². The van der Waals surface area contributed by atoms with Crippen molar-refractivity contribution in [1.82, 2.24) is 15.1 Å². The van der Waals surface area contributed by atoms with Crippen LogP contribution in [0.1, 0.15) is 38.5 Å². The number of piperidine rings is 3. The normalized spacial score (nSPS) is 36.9. The number of nitrogens with one attached hydrogen (secondary N) is 1. The molecule has 3 aliphatic heterocycles. The lowest BCUT2D eigenvalue weighted by atomic mass is 9.84. The van der Waals surface area contributed by atoms with Crippen LogP contribution in [0.3, 0.4) is 0 Å². The van der Waals surface area contributed by atoms with Gasteiger partial charge in [0.1, 0.15) is 0 Å². The van der Waals surface area contributed by atoms with Crippen LogP contribution in [0.4, 0.5) is 0 Å². The minimum atomic E-state index is 0.103. The Labute approximate surface area is 116 Å². The van der Waals surface area contributed by atoms with Gasteiger partial charge in [0.15, 0.2) is 0 Å². The Morgan fingerprint density at radius 3 is 2.79 bits per heavy atom. The third-order valence-electron chi connectivity index (χ3n) is 5.27. The molecule has 0 aromatic rings. The van der Waals surface area contributed by atoms with E-state index < -0.39 is 0 Å². The first kappa shape index (κ1) is 13.4. The van der Waals surface area contributed by atoms with Crippen molar-refractivity contribution >= 4 is 5.91 Å². The Hall–Kier alpha value is -0.610.